The third-order valence-corrected chi connectivity index (χ3v) is 4.00. The van der Waals surface area contributed by atoms with Gasteiger partial charge in [-0.25, -0.2) is 0 Å². The van der Waals surface area contributed by atoms with Gasteiger partial charge in [0.15, 0.2) is 5.82 Å². The summed E-state index contributed by atoms with van der Waals surface area (Å²) in [6, 6.07) is 4.22. The Bertz CT molecular complexity index is 581. The van der Waals surface area contributed by atoms with Gasteiger partial charge in [0.2, 0.25) is 5.89 Å². The summed E-state index contributed by atoms with van der Waals surface area (Å²) in [7, 11) is 1.62. The molecule has 22 heavy (non-hydrogen) atoms. The zero-order valence-corrected chi connectivity index (χ0v) is 13.0. The predicted molar refractivity (Wildman–Crippen MR) is 81.4 cm³/mol. The van der Waals surface area contributed by atoms with Crippen LogP contribution in [0.2, 0.25) is 0 Å². The van der Waals surface area contributed by atoms with E-state index in [-0.39, 0.29) is 6.04 Å². The normalized spacial score (nSPS) is 17.6. The summed E-state index contributed by atoms with van der Waals surface area (Å²) in [5, 5.41) is 3.93. The highest BCUT2D eigenvalue weighted by Gasteiger charge is 2.25. The number of anilines is 1. The molecule has 0 aromatic carbocycles. The molecule has 1 aliphatic rings. The molecular formula is C15H21N5O2. The van der Waals surface area contributed by atoms with Crippen molar-refractivity contribution >= 4 is 5.69 Å². The maximum absolute atomic E-state index is 5.34. The molecule has 0 aliphatic carbocycles. The zero-order valence-electron chi connectivity index (χ0n) is 13.0. The van der Waals surface area contributed by atoms with Gasteiger partial charge in [-0.05, 0) is 19.1 Å². The van der Waals surface area contributed by atoms with Crippen molar-refractivity contribution in [1.82, 2.24) is 20.0 Å². The molecule has 0 saturated carbocycles. The van der Waals surface area contributed by atoms with Crippen LogP contribution in [0.1, 0.15) is 24.7 Å². The standard InChI is InChI=1S/C15H21N5O2/c1-12(15-17-14(11-21-2)18-22-15)19-7-9-20(10-8-19)13-3-5-16-6-4-13/h3-6,12H,7-11H2,1-2H3. The van der Waals surface area contributed by atoms with Crippen LogP contribution in [0.25, 0.3) is 0 Å². The molecule has 2 aromatic heterocycles. The van der Waals surface area contributed by atoms with Gasteiger partial charge in [0.25, 0.3) is 0 Å². The van der Waals surface area contributed by atoms with Crippen molar-refractivity contribution < 1.29 is 9.26 Å². The Balaban J connectivity index is 1.58. The average Bonchev–Trinajstić information content (AvgIpc) is 3.04. The smallest absolute Gasteiger partial charge is 0.243 e. The lowest BCUT2D eigenvalue weighted by Crippen LogP contribution is -2.47. The first kappa shape index (κ1) is 14.9. The Morgan fingerprint density at radius 2 is 1.95 bits per heavy atom. The average molecular weight is 303 g/mol. The van der Waals surface area contributed by atoms with Crippen LogP contribution >= 0.6 is 0 Å². The maximum atomic E-state index is 5.34. The van der Waals surface area contributed by atoms with E-state index in [2.05, 4.69) is 31.8 Å². The fourth-order valence-electron chi connectivity index (χ4n) is 2.70. The van der Waals surface area contributed by atoms with Crippen LogP contribution < -0.4 is 4.90 Å². The van der Waals surface area contributed by atoms with Crippen molar-refractivity contribution in [2.24, 2.45) is 0 Å². The summed E-state index contributed by atoms with van der Waals surface area (Å²) in [5.41, 5.74) is 1.22. The summed E-state index contributed by atoms with van der Waals surface area (Å²) < 4.78 is 10.4. The highest BCUT2D eigenvalue weighted by atomic mass is 16.5. The Labute approximate surface area is 129 Å². The molecule has 1 atom stereocenters. The first-order valence-electron chi connectivity index (χ1n) is 7.48. The van der Waals surface area contributed by atoms with Gasteiger partial charge in [-0.15, -0.1) is 0 Å². The van der Waals surface area contributed by atoms with Gasteiger partial charge >= 0.3 is 0 Å². The molecule has 0 amide bonds. The van der Waals surface area contributed by atoms with Gasteiger partial charge in [-0.3, -0.25) is 9.88 Å². The lowest BCUT2D eigenvalue weighted by Gasteiger charge is -2.37. The van der Waals surface area contributed by atoms with E-state index in [1.165, 1.54) is 5.69 Å². The van der Waals surface area contributed by atoms with Crippen LogP contribution in [0.5, 0.6) is 0 Å². The van der Waals surface area contributed by atoms with Crippen molar-refractivity contribution in [3.05, 3.63) is 36.2 Å². The summed E-state index contributed by atoms with van der Waals surface area (Å²) in [6.07, 6.45) is 3.67. The number of ether oxygens (including phenoxy) is 1. The number of methoxy groups -OCH3 is 1. The lowest BCUT2D eigenvalue weighted by molar-refractivity contribution is 0.162. The Kier molecular flexibility index (Phi) is 4.65. The highest BCUT2D eigenvalue weighted by Crippen LogP contribution is 2.22. The molecule has 3 heterocycles. The topological polar surface area (TPSA) is 67.5 Å². The fraction of sp³-hybridized carbons (Fsp3) is 0.533. The van der Waals surface area contributed by atoms with Gasteiger partial charge < -0.3 is 14.2 Å². The first-order chi connectivity index (χ1) is 10.8. The number of nitrogens with zero attached hydrogens (tertiary/aromatic N) is 5. The minimum absolute atomic E-state index is 0.123. The van der Waals surface area contributed by atoms with Crippen LogP contribution in [0, 0.1) is 0 Å². The second-order valence-electron chi connectivity index (χ2n) is 5.39. The molecule has 7 heteroatoms. The summed E-state index contributed by atoms with van der Waals surface area (Å²) in [6.45, 7) is 6.37. The number of aromatic nitrogens is 3. The Hall–Kier alpha value is -1.99. The Morgan fingerprint density at radius 1 is 1.23 bits per heavy atom. The minimum Gasteiger partial charge on any atom is -0.377 e. The van der Waals surface area contributed by atoms with Crippen molar-refractivity contribution in [2.75, 3.05) is 38.2 Å². The van der Waals surface area contributed by atoms with Crippen molar-refractivity contribution in [1.29, 1.82) is 0 Å². The van der Waals surface area contributed by atoms with Crippen molar-refractivity contribution in [3.63, 3.8) is 0 Å². The highest BCUT2D eigenvalue weighted by molar-refractivity contribution is 5.44. The molecular weight excluding hydrogens is 282 g/mol. The summed E-state index contributed by atoms with van der Waals surface area (Å²) in [5.74, 6) is 1.25. The summed E-state index contributed by atoms with van der Waals surface area (Å²) in [4.78, 5) is 13.2. The van der Waals surface area contributed by atoms with E-state index < -0.39 is 0 Å². The number of pyridine rings is 1. The lowest BCUT2D eigenvalue weighted by atomic mass is 10.2. The third-order valence-electron chi connectivity index (χ3n) is 4.00. The largest absolute Gasteiger partial charge is 0.377 e. The minimum atomic E-state index is 0.123. The number of hydrogen-bond acceptors (Lipinski definition) is 7. The van der Waals surface area contributed by atoms with Crippen LogP contribution in [0.4, 0.5) is 5.69 Å². The van der Waals surface area contributed by atoms with Gasteiger partial charge in [-0.1, -0.05) is 5.16 Å². The molecule has 1 saturated heterocycles. The molecule has 1 unspecified atom stereocenters. The zero-order chi connectivity index (χ0) is 15.4. The monoisotopic (exact) mass is 303 g/mol. The van der Waals surface area contributed by atoms with Crippen LogP contribution in [-0.4, -0.2) is 53.3 Å². The molecule has 0 N–H and O–H groups in total. The van der Waals surface area contributed by atoms with E-state index in [1.54, 1.807) is 7.11 Å². The molecule has 0 spiro atoms. The summed E-state index contributed by atoms with van der Waals surface area (Å²) >= 11 is 0. The molecule has 0 radical (unpaired) electrons. The van der Waals surface area contributed by atoms with Gasteiger partial charge in [-0.2, -0.15) is 4.98 Å². The molecule has 1 fully saturated rings. The fourth-order valence-corrected chi connectivity index (χ4v) is 2.70. The van der Waals surface area contributed by atoms with E-state index in [1.807, 2.05) is 24.5 Å². The van der Waals surface area contributed by atoms with Crippen LogP contribution in [0.15, 0.2) is 29.0 Å². The van der Waals surface area contributed by atoms with E-state index >= 15 is 0 Å². The maximum Gasteiger partial charge on any atom is 0.243 e. The molecule has 7 nitrogen and oxygen atoms in total. The first-order valence-corrected chi connectivity index (χ1v) is 7.48. The van der Waals surface area contributed by atoms with E-state index in [4.69, 9.17) is 9.26 Å². The SMILES string of the molecule is COCc1noc(C(C)N2CCN(c3ccncc3)CC2)n1. The molecule has 0 bridgehead atoms. The van der Waals surface area contributed by atoms with E-state index in [9.17, 15) is 0 Å². The number of rotatable bonds is 5. The van der Waals surface area contributed by atoms with E-state index in [0.29, 0.717) is 18.3 Å². The second kappa shape index (κ2) is 6.85. The predicted octanol–water partition coefficient (Wildman–Crippen LogP) is 1.49. The van der Waals surface area contributed by atoms with Crippen LogP contribution in [-0.2, 0) is 11.3 Å². The second-order valence-corrected chi connectivity index (χ2v) is 5.39. The molecule has 118 valence electrons. The quantitative estimate of drug-likeness (QED) is 0.829. The van der Waals surface area contributed by atoms with Gasteiger partial charge in [0.1, 0.15) is 6.61 Å². The van der Waals surface area contributed by atoms with Gasteiger partial charge in [0.05, 0.1) is 6.04 Å². The Morgan fingerprint density at radius 3 is 2.64 bits per heavy atom. The van der Waals surface area contributed by atoms with E-state index in [0.717, 1.165) is 26.2 Å². The number of hydrogen-bond donors (Lipinski definition) is 0. The van der Waals surface area contributed by atoms with Crippen LogP contribution in [0.3, 0.4) is 0 Å². The molecule has 2 aromatic rings. The van der Waals surface area contributed by atoms with Crippen molar-refractivity contribution in [2.45, 2.75) is 19.6 Å². The molecule has 3 rings (SSSR count). The third kappa shape index (κ3) is 3.26. The van der Waals surface area contributed by atoms with Crippen molar-refractivity contribution in [3.8, 4) is 0 Å². The molecule has 1 aliphatic heterocycles. The number of piperazine rings is 1. The van der Waals surface area contributed by atoms with Gasteiger partial charge in [0, 0.05) is 51.4 Å².